The molecule has 1 heterocycles. The van der Waals surface area contributed by atoms with Gasteiger partial charge in [0.25, 0.3) is 0 Å². The normalized spacial score (nSPS) is 13.8. The van der Waals surface area contributed by atoms with E-state index in [0.717, 1.165) is 23.9 Å². The van der Waals surface area contributed by atoms with E-state index >= 15 is 0 Å². The quantitative estimate of drug-likeness (QED) is 0.528. The first-order valence-corrected chi connectivity index (χ1v) is 5.58. The zero-order chi connectivity index (χ0) is 10.5. The molecule has 0 saturated heterocycles. The maximum Gasteiger partial charge on any atom is 0.0925 e. The van der Waals surface area contributed by atoms with Crippen LogP contribution in [-0.4, -0.2) is 9.97 Å². The molecule has 0 bridgehead atoms. The lowest BCUT2D eigenvalue weighted by Gasteiger charge is -2.04. The second-order valence-corrected chi connectivity index (χ2v) is 4.29. The largest absolute Gasteiger partial charge is 0.253 e. The fourth-order valence-corrected chi connectivity index (χ4v) is 2.77. The van der Waals surface area contributed by atoms with Gasteiger partial charge in [0.2, 0.25) is 0 Å². The molecule has 0 aliphatic heterocycles. The first-order chi connectivity index (χ1) is 7.93. The molecule has 1 aliphatic carbocycles. The molecule has 3 aromatic rings. The first-order valence-electron chi connectivity index (χ1n) is 5.58. The van der Waals surface area contributed by atoms with Gasteiger partial charge in [0.15, 0.2) is 0 Å². The van der Waals surface area contributed by atoms with Crippen molar-refractivity contribution < 1.29 is 0 Å². The van der Waals surface area contributed by atoms with Gasteiger partial charge in [-0.1, -0.05) is 18.2 Å². The Morgan fingerprint density at radius 1 is 1.00 bits per heavy atom. The van der Waals surface area contributed by atoms with E-state index in [1.54, 1.807) is 12.4 Å². The molecule has 0 spiro atoms. The lowest BCUT2D eigenvalue weighted by molar-refractivity contribution is 1.03. The second kappa shape index (κ2) is 2.79. The lowest BCUT2D eigenvalue weighted by Crippen LogP contribution is -1.88. The Hall–Kier alpha value is -1.96. The minimum absolute atomic E-state index is 1.02. The van der Waals surface area contributed by atoms with Crippen molar-refractivity contribution in [2.24, 2.45) is 0 Å². The number of rotatable bonds is 0. The Morgan fingerprint density at radius 2 is 1.94 bits per heavy atom. The number of nitrogens with zero attached hydrogens (tertiary/aromatic N) is 2. The molecule has 2 heteroatoms. The van der Waals surface area contributed by atoms with Crippen LogP contribution in [0, 0.1) is 0 Å². The average molecular weight is 206 g/mol. The van der Waals surface area contributed by atoms with Gasteiger partial charge in [0.1, 0.15) is 0 Å². The van der Waals surface area contributed by atoms with Gasteiger partial charge in [-0.25, -0.2) is 0 Å². The number of aryl methyl sites for hydroxylation is 2. The fourth-order valence-electron chi connectivity index (χ4n) is 2.77. The molecule has 0 unspecified atom stereocenters. The molecule has 4 rings (SSSR count). The summed E-state index contributed by atoms with van der Waals surface area (Å²) in [7, 11) is 0. The Morgan fingerprint density at radius 3 is 2.94 bits per heavy atom. The number of fused-ring (bicyclic) bond motifs is 2. The number of benzene rings is 2. The van der Waals surface area contributed by atoms with Crippen molar-refractivity contribution in [3.05, 3.63) is 47.8 Å². The number of hydrogen-bond donors (Lipinski definition) is 0. The van der Waals surface area contributed by atoms with E-state index in [9.17, 15) is 0 Å². The molecular formula is C14H10N2. The van der Waals surface area contributed by atoms with E-state index < -0.39 is 0 Å². The van der Waals surface area contributed by atoms with Crippen molar-refractivity contribution in [1.29, 1.82) is 0 Å². The zero-order valence-electron chi connectivity index (χ0n) is 8.77. The Bertz CT molecular complexity index is 716. The van der Waals surface area contributed by atoms with E-state index in [1.807, 2.05) is 0 Å². The molecule has 0 radical (unpaired) electrons. The van der Waals surface area contributed by atoms with Crippen LogP contribution in [0.3, 0.4) is 0 Å². The summed E-state index contributed by atoms with van der Waals surface area (Å²) in [6.45, 7) is 0. The fraction of sp³-hybridized carbons (Fsp3) is 0.143. The van der Waals surface area contributed by atoms with Gasteiger partial charge in [-0.2, -0.15) is 0 Å². The van der Waals surface area contributed by atoms with Crippen LogP contribution in [0.2, 0.25) is 0 Å². The Labute approximate surface area is 93.0 Å². The van der Waals surface area contributed by atoms with Gasteiger partial charge in [-0.05, 0) is 40.8 Å². The number of aromatic nitrogens is 2. The summed E-state index contributed by atoms with van der Waals surface area (Å²) < 4.78 is 0. The SMILES string of the molecule is c1cc2c3c(c4nccnc4cc3c1)CC2. The van der Waals surface area contributed by atoms with Gasteiger partial charge in [0, 0.05) is 12.4 Å². The van der Waals surface area contributed by atoms with E-state index in [2.05, 4.69) is 34.2 Å². The predicted octanol–water partition coefficient (Wildman–Crippen LogP) is 2.88. The Kier molecular flexibility index (Phi) is 1.43. The topological polar surface area (TPSA) is 25.8 Å². The van der Waals surface area contributed by atoms with E-state index in [1.165, 1.54) is 21.9 Å². The van der Waals surface area contributed by atoms with Gasteiger partial charge in [-0.3, -0.25) is 9.97 Å². The molecule has 0 N–H and O–H groups in total. The van der Waals surface area contributed by atoms with E-state index in [0.29, 0.717) is 0 Å². The Balaban J connectivity index is 2.34. The summed E-state index contributed by atoms with van der Waals surface area (Å²) in [4.78, 5) is 8.87. The summed E-state index contributed by atoms with van der Waals surface area (Å²) in [5, 5.41) is 2.72. The molecule has 0 atom stereocenters. The van der Waals surface area contributed by atoms with E-state index in [-0.39, 0.29) is 0 Å². The maximum absolute atomic E-state index is 4.47. The van der Waals surface area contributed by atoms with Crippen LogP contribution >= 0.6 is 0 Å². The third kappa shape index (κ3) is 0.915. The highest BCUT2D eigenvalue weighted by atomic mass is 14.8. The zero-order valence-corrected chi connectivity index (χ0v) is 8.77. The third-order valence-corrected chi connectivity index (χ3v) is 3.43. The predicted molar refractivity (Wildman–Crippen MR) is 64.5 cm³/mol. The first kappa shape index (κ1) is 8.22. The smallest absolute Gasteiger partial charge is 0.0925 e. The highest BCUT2D eigenvalue weighted by Gasteiger charge is 2.17. The summed E-state index contributed by atoms with van der Waals surface area (Å²) in [5.41, 5.74) is 4.94. The van der Waals surface area contributed by atoms with Crippen molar-refractivity contribution in [2.75, 3.05) is 0 Å². The molecule has 2 aromatic carbocycles. The monoisotopic (exact) mass is 206 g/mol. The van der Waals surface area contributed by atoms with Crippen LogP contribution in [0.25, 0.3) is 21.8 Å². The van der Waals surface area contributed by atoms with Crippen molar-refractivity contribution in [3.8, 4) is 0 Å². The van der Waals surface area contributed by atoms with Gasteiger partial charge in [-0.15, -0.1) is 0 Å². The second-order valence-electron chi connectivity index (χ2n) is 4.29. The van der Waals surface area contributed by atoms with Gasteiger partial charge >= 0.3 is 0 Å². The summed E-state index contributed by atoms with van der Waals surface area (Å²) in [6, 6.07) is 8.67. The van der Waals surface area contributed by atoms with Crippen molar-refractivity contribution in [2.45, 2.75) is 12.8 Å². The average Bonchev–Trinajstić information content (AvgIpc) is 2.76. The lowest BCUT2D eigenvalue weighted by atomic mass is 10.0. The summed E-state index contributed by atoms with van der Waals surface area (Å²) in [6.07, 6.45) is 5.79. The summed E-state index contributed by atoms with van der Waals surface area (Å²) in [5.74, 6) is 0. The van der Waals surface area contributed by atoms with Crippen LogP contribution in [-0.2, 0) is 12.8 Å². The minimum Gasteiger partial charge on any atom is -0.253 e. The molecule has 1 aliphatic rings. The van der Waals surface area contributed by atoms with Crippen molar-refractivity contribution in [1.82, 2.24) is 9.97 Å². The van der Waals surface area contributed by atoms with Crippen molar-refractivity contribution >= 4 is 21.8 Å². The molecule has 76 valence electrons. The molecule has 16 heavy (non-hydrogen) atoms. The van der Waals surface area contributed by atoms with Crippen LogP contribution in [0.1, 0.15) is 11.1 Å². The highest BCUT2D eigenvalue weighted by molar-refractivity contribution is 6.02. The van der Waals surface area contributed by atoms with Crippen LogP contribution in [0.5, 0.6) is 0 Å². The van der Waals surface area contributed by atoms with Crippen LogP contribution in [0.4, 0.5) is 0 Å². The van der Waals surface area contributed by atoms with Crippen LogP contribution < -0.4 is 0 Å². The standard InChI is InChI=1S/C14H10N2/c1-2-9-4-5-11-13(9)10(3-1)8-12-14(11)16-7-6-15-12/h1-3,6-8H,4-5H2. The van der Waals surface area contributed by atoms with Crippen LogP contribution in [0.15, 0.2) is 36.7 Å². The molecule has 0 fully saturated rings. The van der Waals surface area contributed by atoms with Gasteiger partial charge < -0.3 is 0 Å². The summed E-state index contributed by atoms with van der Waals surface area (Å²) >= 11 is 0. The number of hydrogen-bond acceptors (Lipinski definition) is 2. The minimum atomic E-state index is 1.02. The molecule has 2 nitrogen and oxygen atoms in total. The molecule has 0 saturated carbocycles. The molecular weight excluding hydrogens is 196 g/mol. The van der Waals surface area contributed by atoms with Gasteiger partial charge in [0.05, 0.1) is 11.0 Å². The molecule has 1 aromatic heterocycles. The maximum atomic E-state index is 4.47. The van der Waals surface area contributed by atoms with E-state index in [4.69, 9.17) is 0 Å². The van der Waals surface area contributed by atoms with Crippen molar-refractivity contribution in [3.63, 3.8) is 0 Å². The highest BCUT2D eigenvalue weighted by Crippen LogP contribution is 2.34. The third-order valence-electron chi connectivity index (χ3n) is 3.43. The molecule has 0 amide bonds.